The summed E-state index contributed by atoms with van der Waals surface area (Å²) in [4.78, 5) is 14.9. The van der Waals surface area contributed by atoms with Gasteiger partial charge in [0.05, 0.1) is 17.6 Å². The standard InChI is InChI=1S/C11H19N3O2S/c1-11(2,3)8-6-12-10(14(8)13(4)5)17-7-9(15)16/h6H,7H2,1-5H3,(H,15,16). The predicted octanol–water partition coefficient (Wildman–Crippen LogP) is 1.55. The Balaban J connectivity index is 3.07. The molecular weight excluding hydrogens is 238 g/mol. The summed E-state index contributed by atoms with van der Waals surface area (Å²) >= 11 is 1.23. The zero-order valence-corrected chi connectivity index (χ0v) is 11.7. The molecule has 0 saturated carbocycles. The molecule has 0 unspecified atom stereocenters. The molecule has 0 aliphatic rings. The Kier molecular flexibility index (Phi) is 4.08. The van der Waals surface area contributed by atoms with E-state index in [-0.39, 0.29) is 11.2 Å². The van der Waals surface area contributed by atoms with Gasteiger partial charge in [-0.25, -0.2) is 9.66 Å². The first-order chi connectivity index (χ1) is 7.73. The quantitative estimate of drug-likeness (QED) is 0.829. The van der Waals surface area contributed by atoms with Crippen LogP contribution in [-0.4, -0.2) is 40.6 Å². The molecule has 0 aromatic carbocycles. The lowest BCUT2D eigenvalue weighted by molar-refractivity contribution is -0.133. The summed E-state index contributed by atoms with van der Waals surface area (Å²) in [5, 5.41) is 11.3. The second-order valence-corrected chi connectivity index (χ2v) is 5.96. The predicted molar refractivity (Wildman–Crippen MR) is 69.4 cm³/mol. The van der Waals surface area contributed by atoms with Crippen LogP contribution in [-0.2, 0) is 10.2 Å². The van der Waals surface area contributed by atoms with E-state index in [9.17, 15) is 4.79 Å². The highest BCUT2D eigenvalue weighted by atomic mass is 32.2. The molecule has 0 fully saturated rings. The molecule has 0 radical (unpaired) electrons. The van der Waals surface area contributed by atoms with Crippen molar-refractivity contribution in [3.05, 3.63) is 11.9 Å². The summed E-state index contributed by atoms with van der Waals surface area (Å²) in [6.07, 6.45) is 1.81. The van der Waals surface area contributed by atoms with Crippen LogP contribution in [0.25, 0.3) is 0 Å². The van der Waals surface area contributed by atoms with Crippen LogP contribution in [0.1, 0.15) is 26.5 Å². The van der Waals surface area contributed by atoms with Crippen molar-refractivity contribution in [2.24, 2.45) is 0 Å². The zero-order chi connectivity index (χ0) is 13.2. The highest BCUT2D eigenvalue weighted by Crippen LogP contribution is 2.27. The van der Waals surface area contributed by atoms with Crippen molar-refractivity contribution < 1.29 is 9.90 Å². The molecule has 0 saturated heterocycles. The van der Waals surface area contributed by atoms with E-state index in [1.807, 2.05) is 30.0 Å². The number of nitrogens with zero attached hydrogens (tertiary/aromatic N) is 3. The van der Waals surface area contributed by atoms with Crippen molar-refractivity contribution in [2.45, 2.75) is 31.3 Å². The molecule has 0 amide bonds. The summed E-state index contributed by atoms with van der Waals surface area (Å²) in [7, 11) is 3.84. The molecule has 0 bridgehead atoms. The number of aliphatic carboxylic acids is 1. The van der Waals surface area contributed by atoms with E-state index in [4.69, 9.17) is 5.11 Å². The number of imidazole rings is 1. The van der Waals surface area contributed by atoms with Gasteiger partial charge in [0.2, 0.25) is 0 Å². The van der Waals surface area contributed by atoms with E-state index in [2.05, 4.69) is 25.8 Å². The van der Waals surface area contributed by atoms with E-state index >= 15 is 0 Å². The van der Waals surface area contributed by atoms with Crippen LogP contribution in [0.15, 0.2) is 11.4 Å². The van der Waals surface area contributed by atoms with Gasteiger partial charge < -0.3 is 10.1 Å². The third kappa shape index (κ3) is 3.39. The number of carboxylic acids is 1. The Bertz CT molecular complexity index is 407. The third-order valence-electron chi connectivity index (χ3n) is 2.20. The van der Waals surface area contributed by atoms with Crippen LogP contribution < -0.4 is 5.01 Å². The van der Waals surface area contributed by atoms with Crippen molar-refractivity contribution >= 4 is 17.7 Å². The first kappa shape index (κ1) is 13.9. The van der Waals surface area contributed by atoms with E-state index in [0.29, 0.717) is 5.16 Å². The maximum absolute atomic E-state index is 10.6. The topological polar surface area (TPSA) is 58.4 Å². The molecule has 0 atom stereocenters. The molecule has 0 aliphatic heterocycles. The number of carbonyl (C=O) groups is 1. The van der Waals surface area contributed by atoms with Gasteiger partial charge in [0.15, 0.2) is 5.16 Å². The van der Waals surface area contributed by atoms with Crippen molar-refractivity contribution in [3.63, 3.8) is 0 Å². The fourth-order valence-corrected chi connectivity index (χ4v) is 2.22. The summed E-state index contributed by atoms with van der Waals surface area (Å²) in [5.41, 5.74) is 1.04. The van der Waals surface area contributed by atoms with Gasteiger partial charge in [0.1, 0.15) is 0 Å². The van der Waals surface area contributed by atoms with Gasteiger partial charge in [-0.15, -0.1) is 0 Å². The molecule has 1 heterocycles. The molecule has 1 aromatic rings. The molecule has 0 spiro atoms. The van der Waals surface area contributed by atoms with Gasteiger partial charge in [0.25, 0.3) is 0 Å². The maximum atomic E-state index is 10.6. The number of aromatic nitrogens is 2. The van der Waals surface area contributed by atoms with Gasteiger partial charge in [-0.2, -0.15) is 0 Å². The van der Waals surface area contributed by atoms with Crippen LogP contribution >= 0.6 is 11.8 Å². The minimum absolute atomic E-state index is 0.0223. The van der Waals surface area contributed by atoms with Crippen LogP contribution in [0.2, 0.25) is 0 Å². The van der Waals surface area contributed by atoms with Crippen LogP contribution in [0.3, 0.4) is 0 Å². The monoisotopic (exact) mass is 257 g/mol. The van der Waals surface area contributed by atoms with Crippen molar-refractivity contribution in [1.82, 2.24) is 9.66 Å². The molecule has 6 heteroatoms. The average molecular weight is 257 g/mol. The largest absolute Gasteiger partial charge is 0.481 e. The summed E-state index contributed by atoms with van der Waals surface area (Å²) in [6, 6.07) is 0. The molecular formula is C11H19N3O2S. The Morgan fingerprint density at radius 2 is 2.12 bits per heavy atom. The highest BCUT2D eigenvalue weighted by Gasteiger charge is 2.23. The normalized spacial score (nSPS) is 11.6. The lowest BCUT2D eigenvalue weighted by Gasteiger charge is -2.26. The summed E-state index contributed by atoms with van der Waals surface area (Å²) in [5.74, 6) is -0.811. The molecule has 0 aliphatic carbocycles. The summed E-state index contributed by atoms with van der Waals surface area (Å²) in [6.45, 7) is 6.32. The number of thioether (sulfide) groups is 1. The minimum atomic E-state index is -0.833. The first-order valence-corrected chi connectivity index (χ1v) is 6.32. The van der Waals surface area contributed by atoms with E-state index in [1.165, 1.54) is 11.8 Å². The second-order valence-electron chi connectivity index (χ2n) is 5.02. The number of hydrogen-bond acceptors (Lipinski definition) is 4. The number of hydrogen-bond donors (Lipinski definition) is 1. The van der Waals surface area contributed by atoms with Crippen molar-refractivity contribution in [1.29, 1.82) is 0 Å². The molecule has 5 nitrogen and oxygen atoms in total. The fraction of sp³-hybridized carbons (Fsp3) is 0.636. The maximum Gasteiger partial charge on any atom is 0.313 e. The van der Waals surface area contributed by atoms with E-state index in [1.54, 1.807) is 0 Å². The third-order valence-corrected chi connectivity index (χ3v) is 3.13. The van der Waals surface area contributed by atoms with Gasteiger partial charge >= 0.3 is 5.97 Å². The lowest BCUT2D eigenvalue weighted by Crippen LogP contribution is -2.31. The molecule has 1 aromatic heterocycles. The van der Waals surface area contributed by atoms with Crippen molar-refractivity contribution in [2.75, 3.05) is 24.9 Å². The van der Waals surface area contributed by atoms with Crippen molar-refractivity contribution in [3.8, 4) is 0 Å². The molecule has 1 rings (SSSR count). The molecule has 1 N–H and O–H groups in total. The Morgan fingerprint density at radius 3 is 2.53 bits per heavy atom. The van der Waals surface area contributed by atoms with E-state index in [0.717, 1.165) is 5.69 Å². The lowest BCUT2D eigenvalue weighted by atomic mass is 9.93. The highest BCUT2D eigenvalue weighted by molar-refractivity contribution is 7.99. The average Bonchev–Trinajstić information content (AvgIpc) is 2.57. The van der Waals surface area contributed by atoms with Gasteiger partial charge in [0, 0.05) is 19.5 Å². The van der Waals surface area contributed by atoms with Gasteiger partial charge in [-0.1, -0.05) is 32.5 Å². The van der Waals surface area contributed by atoms with E-state index < -0.39 is 5.97 Å². The number of carboxylic acid groups (broad SMARTS) is 1. The number of rotatable bonds is 4. The second kappa shape index (κ2) is 5.00. The minimum Gasteiger partial charge on any atom is -0.481 e. The van der Waals surface area contributed by atoms with Crippen LogP contribution in [0, 0.1) is 0 Å². The van der Waals surface area contributed by atoms with Gasteiger partial charge in [-0.3, -0.25) is 4.79 Å². The Hall–Kier alpha value is -1.17. The molecule has 96 valence electrons. The summed E-state index contributed by atoms with van der Waals surface area (Å²) < 4.78 is 1.95. The van der Waals surface area contributed by atoms with Gasteiger partial charge in [-0.05, 0) is 0 Å². The molecule has 17 heavy (non-hydrogen) atoms. The first-order valence-electron chi connectivity index (χ1n) is 5.34. The zero-order valence-electron chi connectivity index (χ0n) is 10.9. The van der Waals surface area contributed by atoms with Crippen LogP contribution in [0.5, 0.6) is 0 Å². The smallest absolute Gasteiger partial charge is 0.313 e. The fourth-order valence-electron chi connectivity index (χ4n) is 1.45. The Labute approximate surface area is 106 Å². The SMILES string of the molecule is CN(C)n1c(C(C)(C)C)cnc1SCC(=O)O. The Morgan fingerprint density at radius 1 is 1.53 bits per heavy atom. The van der Waals surface area contributed by atoms with Crippen LogP contribution in [0.4, 0.5) is 0 Å².